The maximum atomic E-state index is 4.17. The van der Waals surface area contributed by atoms with Crippen molar-refractivity contribution in [3.8, 4) is 0 Å². The van der Waals surface area contributed by atoms with E-state index in [-0.39, 0.29) is 0 Å². The first-order valence-electron chi connectivity index (χ1n) is 6.79. The van der Waals surface area contributed by atoms with Gasteiger partial charge in [0.05, 0.1) is 6.20 Å². The Hall–Kier alpha value is -0.830. The van der Waals surface area contributed by atoms with E-state index in [0.29, 0.717) is 6.04 Å². The lowest BCUT2D eigenvalue weighted by molar-refractivity contribution is 0.460. The molecule has 1 aromatic heterocycles. The molecule has 0 bridgehead atoms. The quantitative estimate of drug-likeness (QED) is 0.753. The number of nitrogens with one attached hydrogen (secondary N) is 1. The number of aromatic nitrogens is 2. The lowest BCUT2D eigenvalue weighted by atomic mass is 10.0. The Morgan fingerprint density at radius 1 is 1.29 bits per heavy atom. The molecular weight excluding hydrogens is 210 g/mol. The van der Waals surface area contributed by atoms with Crippen molar-refractivity contribution in [3.05, 3.63) is 18.0 Å². The third kappa shape index (κ3) is 6.47. The molecule has 0 aliphatic heterocycles. The van der Waals surface area contributed by atoms with E-state index < -0.39 is 0 Å². The van der Waals surface area contributed by atoms with Gasteiger partial charge in [-0.2, -0.15) is 5.10 Å². The zero-order valence-corrected chi connectivity index (χ0v) is 11.7. The van der Waals surface area contributed by atoms with Gasteiger partial charge in [0.2, 0.25) is 0 Å². The zero-order chi connectivity index (χ0) is 12.7. The summed E-state index contributed by atoms with van der Waals surface area (Å²) in [6, 6.07) is 0.630. The Kier molecular flexibility index (Phi) is 6.27. The molecule has 0 amide bonds. The monoisotopic (exact) mass is 237 g/mol. The standard InChI is InChI=1S/C14H27N3/c1-12(2)6-5-7-13(3)15-9-8-14-10-16-17(4)11-14/h10-13,15H,5-9H2,1-4H3. The van der Waals surface area contributed by atoms with E-state index in [1.807, 2.05) is 17.9 Å². The smallest absolute Gasteiger partial charge is 0.0522 e. The Morgan fingerprint density at radius 3 is 2.65 bits per heavy atom. The molecule has 0 spiro atoms. The molecule has 0 saturated heterocycles. The van der Waals surface area contributed by atoms with Crippen molar-refractivity contribution in [1.82, 2.24) is 15.1 Å². The molecule has 17 heavy (non-hydrogen) atoms. The number of rotatable bonds is 8. The highest BCUT2D eigenvalue weighted by Crippen LogP contribution is 2.08. The van der Waals surface area contributed by atoms with Gasteiger partial charge in [0, 0.05) is 19.3 Å². The Balaban J connectivity index is 2.05. The second-order valence-corrected chi connectivity index (χ2v) is 5.45. The van der Waals surface area contributed by atoms with Crippen LogP contribution in [0.5, 0.6) is 0 Å². The maximum absolute atomic E-state index is 4.17. The van der Waals surface area contributed by atoms with Crippen LogP contribution >= 0.6 is 0 Å². The van der Waals surface area contributed by atoms with Crippen molar-refractivity contribution in [3.63, 3.8) is 0 Å². The summed E-state index contributed by atoms with van der Waals surface area (Å²) in [5.74, 6) is 0.831. The number of nitrogens with zero attached hydrogens (tertiary/aromatic N) is 2. The van der Waals surface area contributed by atoms with Gasteiger partial charge in [-0.25, -0.2) is 0 Å². The molecule has 98 valence electrons. The molecule has 0 aliphatic carbocycles. The number of aryl methyl sites for hydroxylation is 1. The highest BCUT2D eigenvalue weighted by atomic mass is 15.2. The molecule has 0 aromatic carbocycles. The summed E-state index contributed by atoms with van der Waals surface area (Å²) in [6.45, 7) is 7.92. The van der Waals surface area contributed by atoms with Crippen LogP contribution in [0.15, 0.2) is 12.4 Å². The van der Waals surface area contributed by atoms with E-state index >= 15 is 0 Å². The third-order valence-corrected chi connectivity index (χ3v) is 3.08. The lowest BCUT2D eigenvalue weighted by Gasteiger charge is -2.13. The van der Waals surface area contributed by atoms with Gasteiger partial charge in [0.15, 0.2) is 0 Å². The number of hydrogen-bond acceptors (Lipinski definition) is 2. The van der Waals surface area contributed by atoms with Gasteiger partial charge < -0.3 is 5.32 Å². The minimum atomic E-state index is 0.630. The Morgan fingerprint density at radius 2 is 2.06 bits per heavy atom. The van der Waals surface area contributed by atoms with Gasteiger partial charge in [-0.05, 0) is 37.8 Å². The van der Waals surface area contributed by atoms with Crippen LogP contribution in [0, 0.1) is 5.92 Å². The van der Waals surface area contributed by atoms with E-state index in [1.165, 1.54) is 24.8 Å². The van der Waals surface area contributed by atoms with Gasteiger partial charge in [0.25, 0.3) is 0 Å². The van der Waals surface area contributed by atoms with Crippen molar-refractivity contribution < 1.29 is 0 Å². The summed E-state index contributed by atoms with van der Waals surface area (Å²) >= 11 is 0. The van der Waals surface area contributed by atoms with Crippen molar-refractivity contribution in [2.75, 3.05) is 6.54 Å². The summed E-state index contributed by atoms with van der Waals surface area (Å²) < 4.78 is 1.86. The van der Waals surface area contributed by atoms with E-state index in [2.05, 4.69) is 37.4 Å². The summed E-state index contributed by atoms with van der Waals surface area (Å²) in [5.41, 5.74) is 1.31. The minimum absolute atomic E-state index is 0.630. The average molecular weight is 237 g/mol. The van der Waals surface area contributed by atoms with Crippen molar-refractivity contribution in [1.29, 1.82) is 0 Å². The molecule has 1 N–H and O–H groups in total. The largest absolute Gasteiger partial charge is 0.314 e. The molecule has 0 radical (unpaired) electrons. The molecule has 3 nitrogen and oxygen atoms in total. The van der Waals surface area contributed by atoms with E-state index in [9.17, 15) is 0 Å². The summed E-state index contributed by atoms with van der Waals surface area (Å²) in [4.78, 5) is 0. The molecule has 1 aromatic rings. The fraction of sp³-hybridized carbons (Fsp3) is 0.786. The predicted molar refractivity (Wildman–Crippen MR) is 73.1 cm³/mol. The predicted octanol–water partition coefficient (Wildman–Crippen LogP) is 2.77. The van der Waals surface area contributed by atoms with E-state index in [4.69, 9.17) is 0 Å². The first-order chi connectivity index (χ1) is 8.08. The number of hydrogen-bond donors (Lipinski definition) is 1. The molecule has 0 saturated carbocycles. The van der Waals surface area contributed by atoms with Crippen LogP contribution in [-0.4, -0.2) is 22.4 Å². The summed E-state index contributed by atoms with van der Waals surface area (Å²) in [6.07, 6.45) is 9.07. The van der Waals surface area contributed by atoms with Gasteiger partial charge in [0.1, 0.15) is 0 Å². The van der Waals surface area contributed by atoms with Gasteiger partial charge in [-0.15, -0.1) is 0 Å². The molecular formula is C14H27N3. The maximum Gasteiger partial charge on any atom is 0.0522 e. The van der Waals surface area contributed by atoms with Crippen molar-refractivity contribution in [2.24, 2.45) is 13.0 Å². The minimum Gasteiger partial charge on any atom is -0.314 e. The fourth-order valence-electron chi connectivity index (χ4n) is 2.00. The van der Waals surface area contributed by atoms with Crippen LogP contribution in [0.25, 0.3) is 0 Å². The van der Waals surface area contributed by atoms with E-state index in [0.717, 1.165) is 18.9 Å². The Bertz CT molecular complexity index is 304. The van der Waals surface area contributed by atoms with Crippen LogP contribution in [0.1, 0.15) is 45.6 Å². The zero-order valence-electron chi connectivity index (χ0n) is 11.7. The molecule has 1 atom stereocenters. The Labute approximate surface area is 106 Å². The van der Waals surface area contributed by atoms with Crippen LogP contribution in [0.3, 0.4) is 0 Å². The van der Waals surface area contributed by atoms with Gasteiger partial charge in [-0.3, -0.25) is 4.68 Å². The first-order valence-corrected chi connectivity index (χ1v) is 6.79. The van der Waals surface area contributed by atoms with Crippen LogP contribution < -0.4 is 5.32 Å². The third-order valence-electron chi connectivity index (χ3n) is 3.08. The molecule has 1 heterocycles. The molecule has 0 fully saturated rings. The lowest BCUT2D eigenvalue weighted by Crippen LogP contribution is -2.28. The normalized spacial score (nSPS) is 13.2. The van der Waals surface area contributed by atoms with Gasteiger partial charge >= 0.3 is 0 Å². The topological polar surface area (TPSA) is 29.9 Å². The average Bonchev–Trinajstić information content (AvgIpc) is 2.63. The second kappa shape index (κ2) is 7.49. The molecule has 3 heteroatoms. The molecule has 1 rings (SSSR count). The second-order valence-electron chi connectivity index (χ2n) is 5.45. The summed E-state index contributed by atoms with van der Waals surface area (Å²) in [5, 5.41) is 7.75. The van der Waals surface area contributed by atoms with Crippen LogP contribution in [-0.2, 0) is 13.5 Å². The van der Waals surface area contributed by atoms with Gasteiger partial charge in [-0.1, -0.05) is 26.7 Å². The van der Waals surface area contributed by atoms with Crippen LogP contribution in [0.4, 0.5) is 0 Å². The van der Waals surface area contributed by atoms with Crippen molar-refractivity contribution in [2.45, 2.75) is 52.5 Å². The highest BCUT2D eigenvalue weighted by molar-refractivity contribution is 5.03. The first kappa shape index (κ1) is 14.2. The van der Waals surface area contributed by atoms with Crippen LogP contribution in [0.2, 0.25) is 0 Å². The summed E-state index contributed by atoms with van der Waals surface area (Å²) in [7, 11) is 1.96. The fourth-order valence-corrected chi connectivity index (χ4v) is 2.00. The highest BCUT2D eigenvalue weighted by Gasteiger charge is 2.03. The molecule has 1 unspecified atom stereocenters. The van der Waals surface area contributed by atoms with Crippen molar-refractivity contribution >= 4 is 0 Å². The van der Waals surface area contributed by atoms with E-state index in [1.54, 1.807) is 0 Å². The molecule has 0 aliphatic rings. The SMILES string of the molecule is CC(C)CCCC(C)NCCc1cnn(C)c1.